The summed E-state index contributed by atoms with van der Waals surface area (Å²) in [4.78, 5) is 12.4. The Labute approximate surface area is 194 Å². The lowest BCUT2D eigenvalue weighted by Gasteiger charge is -2.10. The van der Waals surface area contributed by atoms with Gasteiger partial charge in [0.25, 0.3) is 0 Å². The first-order valence-electron chi connectivity index (χ1n) is 9.50. The molecule has 0 aliphatic carbocycles. The van der Waals surface area contributed by atoms with Crippen molar-refractivity contribution in [2.45, 2.75) is 30.1 Å². The highest BCUT2D eigenvalue weighted by molar-refractivity contribution is 7.99. The molecule has 162 valence electrons. The van der Waals surface area contributed by atoms with E-state index in [0.717, 1.165) is 22.7 Å². The average Bonchev–Trinajstić information content (AvgIpc) is 3.12. The molecule has 2 aromatic carbocycles. The van der Waals surface area contributed by atoms with Gasteiger partial charge < -0.3 is 9.88 Å². The van der Waals surface area contributed by atoms with Crippen LogP contribution in [0.2, 0.25) is 5.02 Å². The average molecular weight is 477 g/mol. The van der Waals surface area contributed by atoms with Crippen LogP contribution in [0.4, 0.5) is 10.1 Å². The second-order valence-electron chi connectivity index (χ2n) is 6.71. The fraction of sp³-hybridized carbons (Fsp3) is 0.227. The summed E-state index contributed by atoms with van der Waals surface area (Å²) < 4.78 is 15.0. The zero-order valence-corrected chi connectivity index (χ0v) is 19.4. The molecule has 9 heteroatoms. The van der Waals surface area contributed by atoms with Crippen molar-refractivity contribution in [3.8, 4) is 0 Å². The van der Waals surface area contributed by atoms with Crippen molar-refractivity contribution in [2.24, 2.45) is 0 Å². The quantitative estimate of drug-likeness (QED) is 0.299. The molecule has 3 aromatic rings. The molecule has 0 spiro atoms. The molecule has 1 N–H and O–H groups in total. The topological polar surface area (TPSA) is 59.8 Å². The molecule has 0 bridgehead atoms. The zero-order valence-electron chi connectivity index (χ0n) is 17.0. The van der Waals surface area contributed by atoms with Crippen LogP contribution in [0.25, 0.3) is 0 Å². The lowest BCUT2D eigenvalue weighted by molar-refractivity contribution is -0.113. The maximum absolute atomic E-state index is 13.0. The summed E-state index contributed by atoms with van der Waals surface area (Å²) in [6.45, 7) is 6.27. The third-order valence-electron chi connectivity index (χ3n) is 4.32. The van der Waals surface area contributed by atoms with Gasteiger partial charge in [-0.15, -0.1) is 28.5 Å². The normalized spacial score (nSPS) is 10.8. The zero-order chi connectivity index (χ0) is 22.2. The van der Waals surface area contributed by atoms with Crippen LogP contribution in [0.3, 0.4) is 0 Å². The molecule has 0 radical (unpaired) electrons. The smallest absolute Gasteiger partial charge is 0.234 e. The van der Waals surface area contributed by atoms with Gasteiger partial charge in [-0.1, -0.05) is 47.6 Å². The van der Waals surface area contributed by atoms with Gasteiger partial charge in [0.05, 0.1) is 11.5 Å². The molecule has 0 aliphatic rings. The number of hydrogen-bond acceptors (Lipinski definition) is 5. The van der Waals surface area contributed by atoms with Gasteiger partial charge in [0.1, 0.15) is 11.6 Å². The van der Waals surface area contributed by atoms with E-state index < -0.39 is 0 Å². The first-order chi connectivity index (χ1) is 15.0. The van der Waals surface area contributed by atoms with Gasteiger partial charge in [0, 0.05) is 23.0 Å². The molecule has 31 heavy (non-hydrogen) atoms. The van der Waals surface area contributed by atoms with E-state index in [1.165, 1.54) is 23.9 Å². The maximum Gasteiger partial charge on any atom is 0.234 e. The minimum absolute atomic E-state index is 0.143. The molecule has 5 nitrogen and oxygen atoms in total. The number of aryl methyl sites for hydroxylation is 1. The van der Waals surface area contributed by atoms with Gasteiger partial charge in [-0.25, -0.2) is 4.39 Å². The van der Waals surface area contributed by atoms with Crippen molar-refractivity contribution < 1.29 is 9.18 Å². The number of carbonyl (C=O) groups is 1. The molecular formula is C22H22ClFN4OS2. The fourth-order valence-corrected chi connectivity index (χ4v) is 4.60. The highest BCUT2D eigenvalue weighted by atomic mass is 35.5. The van der Waals surface area contributed by atoms with E-state index in [1.807, 2.05) is 17.6 Å². The molecule has 0 saturated carbocycles. The Bertz CT molecular complexity index is 1060. The number of nitrogens with one attached hydrogen (secondary N) is 1. The van der Waals surface area contributed by atoms with Crippen LogP contribution in [0, 0.1) is 12.7 Å². The number of nitrogens with zero attached hydrogens (tertiary/aromatic N) is 3. The van der Waals surface area contributed by atoms with E-state index in [0.29, 0.717) is 28.2 Å². The number of benzene rings is 2. The van der Waals surface area contributed by atoms with Crippen LogP contribution in [-0.4, -0.2) is 26.4 Å². The molecule has 0 aliphatic heterocycles. The van der Waals surface area contributed by atoms with Gasteiger partial charge in [0.2, 0.25) is 5.91 Å². The number of hydrogen-bond donors (Lipinski definition) is 1. The molecule has 0 unspecified atom stereocenters. The molecule has 1 heterocycles. The molecular weight excluding hydrogens is 455 g/mol. The Hall–Kier alpha value is -2.29. The lowest BCUT2D eigenvalue weighted by Crippen LogP contribution is -2.15. The third kappa shape index (κ3) is 6.85. The standard InChI is InChI=1S/C22H22ClFN4OS2/c1-3-10-28-20(13-30-12-16-5-8-18(24)9-6-16)26-27-22(28)31-14-21(29)25-19-11-17(23)7-4-15(19)2/h3-9,11H,1,10,12-14H2,2H3,(H,25,29). The summed E-state index contributed by atoms with van der Waals surface area (Å²) in [5, 5.41) is 12.6. The minimum atomic E-state index is -0.240. The van der Waals surface area contributed by atoms with E-state index in [9.17, 15) is 9.18 Å². The summed E-state index contributed by atoms with van der Waals surface area (Å²) in [6.07, 6.45) is 1.77. The van der Waals surface area contributed by atoms with E-state index in [2.05, 4.69) is 22.1 Å². The van der Waals surface area contributed by atoms with E-state index in [1.54, 1.807) is 42.1 Å². The first kappa shape index (κ1) is 23.4. The maximum atomic E-state index is 13.0. The van der Waals surface area contributed by atoms with Crippen molar-refractivity contribution in [1.29, 1.82) is 0 Å². The predicted octanol–water partition coefficient (Wildman–Crippen LogP) is 5.73. The van der Waals surface area contributed by atoms with Crippen LogP contribution >= 0.6 is 35.1 Å². The van der Waals surface area contributed by atoms with Crippen molar-refractivity contribution >= 4 is 46.7 Å². The lowest BCUT2D eigenvalue weighted by atomic mass is 10.2. The summed E-state index contributed by atoms with van der Waals surface area (Å²) in [5.74, 6) is 2.01. The number of amides is 1. The number of allylic oxidation sites excluding steroid dienone is 1. The number of thioether (sulfide) groups is 2. The van der Waals surface area contributed by atoms with Crippen LogP contribution in [-0.2, 0) is 22.8 Å². The van der Waals surface area contributed by atoms with Crippen molar-refractivity contribution in [3.05, 3.63) is 82.9 Å². The Balaban J connectivity index is 1.57. The Morgan fingerprint density at radius 2 is 2.00 bits per heavy atom. The highest BCUT2D eigenvalue weighted by Gasteiger charge is 2.14. The summed E-state index contributed by atoms with van der Waals surface area (Å²) in [5.41, 5.74) is 2.69. The number of rotatable bonds is 10. The SMILES string of the molecule is C=CCn1c(CSCc2ccc(F)cc2)nnc1SCC(=O)Nc1cc(Cl)ccc1C. The van der Waals surface area contributed by atoms with Gasteiger partial charge in [0.15, 0.2) is 5.16 Å². The Morgan fingerprint density at radius 3 is 2.74 bits per heavy atom. The highest BCUT2D eigenvalue weighted by Crippen LogP contribution is 2.24. The van der Waals surface area contributed by atoms with Gasteiger partial charge >= 0.3 is 0 Å². The second kappa shape index (κ2) is 11.4. The summed E-state index contributed by atoms with van der Waals surface area (Å²) in [7, 11) is 0. The van der Waals surface area contributed by atoms with Crippen LogP contribution in [0.15, 0.2) is 60.3 Å². The van der Waals surface area contributed by atoms with E-state index >= 15 is 0 Å². The van der Waals surface area contributed by atoms with E-state index in [-0.39, 0.29) is 17.5 Å². The largest absolute Gasteiger partial charge is 0.325 e. The van der Waals surface area contributed by atoms with Gasteiger partial charge in [-0.05, 0) is 42.3 Å². The number of carbonyl (C=O) groups excluding carboxylic acids is 1. The predicted molar refractivity (Wildman–Crippen MR) is 127 cm³/mol. The molecule has 1 aromatic heterocycles. The molecule has 1 amide bonds. The number of anilines is 1. The van der Waals surface area contributed by atoms with Crippen LogP contribution in [0.1, 0.15) is 17.0 Å². The Morgan fingerprint density at radius 1 is 1.23 bits per heavy atom. The van der Waals surface area contributed by atoms with Gasteiger partial charge in [-0.3, -0.25) is 4.79 Å². The second-order valence-corrected chi connectivity index (χ2v) is 9.08. The Kier molecular flexibility index (Phi) is 8.57. The van der Waals surface area contributed by atoms with Gasteiger partial charge in [-0.2, -0.15) is 0 Å². The van der Waals surface area contributed by atoms with E-state index in [4.69, 9.17) is 11.6 Å². The fourth-order valence-electron chi connectivity index (χ4n) is 2.73. The summed E-state index contributed by atoms with van der Waals surface area (Å²) >= 11 is 9.00. The third-order valence-corrected chi connectivity index (χ3v) is 6.53. The van der Waals surface area contributed by atoms with Crippen molar-refractivity contribution in [3.63, 3.8) is 0 Å². The van der Waals surface area contributed by atoms with Crippen LogP contribution in [0.5, 0.6) is 0 Å². The van der Waals surface area contributed by atoms with Crippen molar-refractivity contribution in [1.82, 2.24) is 14.8 Å². The molecule has 0 fully saturated rings. The molecule has 0 saturated heterocycles. The summed E-state index contributed by atoms with van der Waals surface area (Å²) in [6, 6.07) is 11.9. The van der Waals surface area contributed by atoms with Crippen LogP contribution < -0.4 is 5.32 Å². The molecule has 0 atom stereocenters. The number of aromatic nitrogens is 3. The minimum Gasteiger partial charge on any atom is -0.325 e. The monoisotopic (exact) mass is 476 g/mol. The number of halogens is 2. The molecule has 3 rings (SSSR count). The first-order valence-corrected chi connectivity index (χ1v) is 12.0. The van der Waals surface area contributed by atoms with Crippen molar-refractivity contribution in [2.75, 3.05) is 11.1 Å².